The standard InChI is InChI=1S/C16H20F3N3O4S/c1-10(14(23)20-8-22(2)3)21-15(24)11-5-12(16(17,18)19)7-13(6-11)26-9-27(4)25/h5-8,10H,9H2,1-4H3,(H,21,24)/b20-8+. The molecule has 0 heterocycles. The zero-order chi connectivity index (χ0) is 20.8. The van der Waals surface area contributed by atoms with Crippen molar-refractivity contribution in [2.75, 3.05) is 26.3 Å². The molecule has 2 unspecified atom stereocenters. The number of hydrogen-bond donors (Lipinski definition) is 1. The SMILES string of the molecule is CC(NC(=O)c1cc(OC[S+](C)[O-])cc(C(F)(F)F)c1)C(=O)/N=C/N(C)C. The minimum absolute atomic E-state index is 0.255. The van der Waals surface area contributed by atoms with Gasteiger partial charge in [-0.25, -0.2) is 4.99 Å². The van der Waals surface area contributed by atoms with Crippen molar-refractivity contribution in [2.24, 2.45) is 4.99 Å². The van der Waals surface area contributed by atoms with E-state index in [-0.39, 0.29) is 17.3 Å². The number of halogens is 3. The molecule has 1 N–H and O–H groups in total. The fraction of sp³-hybridized carbons (Fsp3) is 0.438. The lowest BCUT2D eigenvalue weighted by Gasteiger charge is -2.15. The number of carbonyl (C=O) groups is 2. The first-order valence-corrected chi connectivity index (χ1v) is 9.33. The second-order valence-electron chi connectivity index (χ2n) is 5.82. The van der Waals surface area contributed by atoms with Gasteiger partial charge in [0.05, 0.1) is 18.2 Å². The van der Waals surface area contributed by atoms with Gasteiger partial charge in [0.25, 0.3) is 11.8 Å². The molecule has 2 atom stereocenters. The summed E-state index contributed by atoms with van der Waals surface area (Å²) in [5.74, 6) is -2.14. The largest absolute Gasteiger partial charge is 0.614 e. The maximum Gasteiger partial charge on any atom is 0.416 e. The van der Waals surface area contributed by atoms with Crippen molar-refractivity contribution < 1.29 is 32.0 Å². The highest BCUT2D eigenvalue weighted by molar-refractivity contribution is 7.90. The van der Waals surface area contributed by atoms with Crippen molar-refractivity contribution >= 4 is 29.3 Å². The van der Waals surface area contributed by atoms with E-state index in [9.17, 15) is 27.3 Å². The van der Waals surface area contributed by atoms with E-state index in [0.29, 0.717) is 12.1 Å². The summed E-state index contributed by atoms with van der Waals surface area (Å²) in [6, 6.07) is 1.39. The van der Waals surface area contributed by atoms with E-state index in [1.165, 1.54) is 24.4 Å². The van der Waals surface area contributed by atoms with Crippen molar-refractivity contribution in [1.29, 1.82) is 0 Å². The Labute approximate surface area is 157 Å². The van der Waals surface area contributed by atoms with Crippen LogP contribution in [0.3, 0.4) is 0 Å². The number of alkyl halides is 3. The molecule has 0 radical (unpaired) electrons. The molecule has 27 heavy (non-hydrogen) atoms. The van der Waals surface area contributed by atoms with Crippen LogP contribution in [0.25, 0.3) is 0 Å². The third-order valence-corrected chi connectivity index (χ3v) is 3.47. The van der Waals surface area contributed by atoms with Gasteiger partial charge in [0.2, 0.25) is 5.94 Å². The van der Waals surface area contributed by atoms with E-state index in [1.807, 2.05) is 0 Å². The Morgan fingerprint density at radius 1 is 1.37 bits per heavy atom. The Bertz CT molecular complexity index is 709. The minimum Gasteiger partial charge on any atom is -0.614 e. The molecule has 0 spiro atoms. The zero-order valence-corrected chi connectivity index (χ0v) is 16.0. The lowest BCUT2D eigenvalue weighted by Crippen LogP contribution is -2.38. The van der Waals surface area contributed by atoms with Crippen LogP contribution in [-0.2, 0) is 22.1 Å². The third-order valence-electron chi connectivity index (χ3n) is 3.02. The molecule has 0 bridgehead atoms. The monoisotopic (exact) mass is 407 g/mol. The normalized spacial score (nSPS) is 13.9. The molecular formula is C16H20F3N3O4S. The highest BCUT2D eigenvalue weighted by Gasteiger charge is 2.32. The van der Waals surface area contributed by atoms with Gasteiger partial charge in [-0.05, 0) is 36.3 Å². The van der Waals surface area contributed by atoms with Crippen LogP contribution >= 0.6 is 0 Å². The van der Waals surface area contributed by atoms with Crippen LogP contribution in [0.5, 0.6) is 5.75 Å². The van der Waals surface area contributed by atoms with Gasteiger partial charge in [-0.1, -0.05) is 0 Å². The summed E-state index contributed by atoms with van der Waals surface area (Å²) in [6.45, 7) is 1.36. The van der Waals surface area contributed by atoms with E-state index in [0.717, 1.165) is 6.07 Å². The first-order valence-electron chi connectivity index (χ1n) is 7.60. The summed E-state index contributed by atoms with van der Waals surface area (Å²) in [4.78, 5) is 29.2. The molecule has 7 nitrogen and oxygen atoms in total. The van der Waals surface area contributed by atoms with Crippen molar-refractivity contribution in [3.05, 3.63) is 29.3 Å². The summed E-state index contributed by atoms with van der Waals surface area (Å²) in [7, 11) is 3.29. The summed E-state index contributed by atoms with van der Waals surface area (Å²) in [5.41, 5.74) is -1.45. The minimum atomic E-state index is -4.71. The second kappa shape index (κ2) is 9.60. The molecule has 11 heteroatoms. The fourth-order valence-electron chi connectivity index (χ4n) is 1.75. The van der Waals surface area contributed by atoms with Crippen molar-refractivity contribution in [1.82, 2.24) is 10.2 Å². The van der Waals surface area contributed by atoms with Crippen LogP contribution in [0.1, 0.15) is 22.8 Å². The maximum absolute atomic E-state index is 13.1. The van der Waals surface area contributed by atoms with Gasteiger partial charge in [0.1, 0.15) is 11.8 Å². The average molecular weight is 407 g/mol. The molecule has 1 rings (SSSR count). The number of amides is 2. The predicted octanol–water partition coefficient (Wildman–Crippen LogP) is 1.66. The van der Waals surface area contributed by atoms with Crippen molar-refractivity contribution in [2.45, 2.75) is 19.1 Å². The molecule has 0 fully saturated rings. The van der Waals surface area contributed by atoms with Crippen LogP contribution < -0.4 is 10.1 Å². The smallest absolute Gasteiger partial charge is 0.416 e. The van der Waals surface area contributed by atoms with Crippen LogP contribution in [0.2, 0.25) is 0 Å². The summed E-state index contributed by atoms with van der Waals surface area (Å²) in [5, 5.41) is 2.29. The molecule has 0 aliphatic carbocycles. The highest BCUT2D eigenvalue weighted by atomic mass is 32.2. The fourth-order valence-corrected chi connectivity index (χ4v) is 2.06. The molecule has 150 valence electrons. The zero-order valence-electron chi connectivity index (χ0n) is 15.2. The number of hydrogen-bond acceptors (Lipinski definition) is 4. The molecule has 1 aromatic rings. The topological polar surface area (TPSA) is 94.1 Å². The maximum atomic E-state index is 13.1. The Balaban J connectivity index is 3.03. The number of nitrogens with one attached hydrogen (secondary N) is 1. The van der Waals surface area contributed by atoms with E-state index >= 15 is 0 Å². The first-order chi connectivity index (χ1) is 12.4. The molecule has 1 aromatic carbocycles. The quantitative estimate of drug-likeness (QED) is 0.421. The molecule has 0 saturated heterocycles. The Hall–Kier alpha value is -2.27. The Kier molecular flexibility index (Phi) is 8.10. The number of rotatable bonds is 7. The summed E-state index contributed by atoms with van der Waals surface area (Å²) >= 11 is -1.40. The van der Waals surface area contributed by atoms with Gasteiger partial charge >= 0.3 is 6.18 Å². The molecule has 0 aliphatic rings. The molecule has 0 saturated carbocycles. The molecule has 0 aliphatic heterocycles. The van der Waals surface area contributed by atoms with Crippen LogP contribution in [0.4, 0.5) is 13.2 Å². The van der Waals surface area contributed by atoms with Crippen molar-refractivity contribution in [3.63, 3.8) is 0 Å². The van der Waals surface area contributed by atoms with Crippen LogP contribution in [0, 0.1) is 0 Å². The van der Waals surface area contributed by atoms with E-state index < -0.39 is 40.8 Å². The van der Waals surface area contributed by atoms with E-state index in [2.05, 4.69) is 10.3 Å². The molecule has 2 amide bonds. The third kappa shape index (κ3) is 7.87. The number of benzene rings is 1. The first kappa shape index (κ1) is 22.8. The highest BCUT2D eigenvalue weighted by Crippen LogP contribution is 2.32. The van der Waals surface area contributed by atoms with Crippen LogP contribution in [0.15, 0.2) is 23.2 Å². The number of aliphatic imine (C=N–C) groups is 1. The lowest BCUT2D eigenvalue weighted by molar-refractivity contribution is -0.137. The van der Waals surface area contributed by atoms with Gasteiger partial charge in [0.15, 0.2) is 0 Å². The summed E-state index contributed by atoms with van der Waals surface area (Å²) in [6.07, 6.45) is -2.15. The van der Waals surface area contributed by atoms with Gasteiger partial charge in [0, 0.05) is 19.7 Å². The summed E-state index contributed by atoms with van der Waals surface area (Å²) < 4.78 is 55.3. The second-order valence-corrected chi connectivity index (χ2v) is 7.20. The average Bonchev–Trinajstić information content (AvgIpc) is 2.56. The van der Waals surface area contributed by atoms with E-state index in [4.69, 9.17) is 4.74 Å². The lowest BCUT2D eigenvalue weighted by atomic mass is 10.1. The number of ether oxygens (including phenoxy) is 1. The van der Waals surface area contributed by atoms with E-state index in [1.54, 1.807) is 14.1 Å². The molecule has 0 aromatic heterocycles. The van der Waals surface area contributed by atoms with Gasteiger partial charge < -0.3 is 19.5 Å². The van der Waals surface area contributed by atoms with Gasteiger partial charge in [-0.15, -0.1) is 0 Å². The Morgan fingerprint density at radius 2 is 2.00 bits per heavy atom. The number of nitrogens with zero attached hydrogens (tertiary/aromatic N) is 2. The predicted molar refractivity (Wildman–Crippen MR) is 95.1 cm³/mol. The molecular weight excluding hydrogens is 387 g/mol. The van der Waals surface area contributed by atoms with Crippen molar-refractivity contribution in [3.8, 4) is 5.75 Å². The van der Waals surface area contributed by atoms with Gasteiger partial charge in [-0.2, -0.15) is 13.2 Å². The Morgan fingerprint density at radius 3 is 2.52 bits per heavy atom. The number of carbonyl (C=O) groups excluding carboxylic acids is 2. The van der Waals surface area contributed by atoms with Crippen LogP contribution in [-0.4, -0.2) is 59.9 Å². The van der Waals surface area contributed by atoms with Gasteiger partial charge in [-0.3, -0.25) is 9.59 Å².